The van der Waals surface area contributed by atoms with Gasteiger partial charge in [-0.2, -0.15) is 10.5 Å². The van der Waals surface area contributed by atoms with Crippen LogP contribution in [0.25, 0.3) is 6.08 Å². The summed E-state index contributed by atoms with van der Waals surface area (Å²) in [4.78, 5) is 14.0. The zero-order valence-corrected chi connectivity index (χ0v) is 21.7. The second-order valence-corrected chi connectivity index (χ2v) is 9.98. The smallest absolute Gasteiger partial charge is 0.266 e. The molecule has 0 unspecified atom stereocenters. The van der Waals surface area contributed by atoms with Gasteiger partial charge >= 0.3 is 0 Å². The average molecular weight is 538 g/mol. The number of carbonyl (C=O) groups excluding carboxylic acids is 1. The predicted molar refractivity (Wildman–Crippen MR) is 142 cm³/mol. The van der Waals surface area contributed by atoms with E-state index in [1.165, 1.54) is 24.5 Å². The van der Waals surface area contributed by atoms with Gasteiger partial charge in [-0.15, -0.1) is 11.3 Å². The number of nitriles is 2. The number of fused-ring (bicyclic) bond motifs is 1. The maximum absolute atomic E-state index is 12.9. The number of nitrogens with zero attached hydrogens (tertiary/aromatic N) is 2. The molecule has 0 fully saturated rings. The number of anilines is 1. The predicted octanol–water partition coefficient (Wildman–Crippen LogP) is 6.94. The van der Waals surface area contributed by atoms with Gasteiger partial charge in [0.2, 0.25) is 0 Å². The van der Waals surface area contributed by atoms with Gasteiger partial charge in [-0.3, -0.25) is 4.79 Å². The molecule has 4 rings (SSSR count). The van der Waals surface area contributed by atoms with Gasteiger partial charge in [0, 0.05) is 15.5 Å². The Balaban J connectivity index is 1.56. The van der Waals surface area contributed by atoms with Crippen molar-refractivity contribution in [3.63, 3.8) is 0 Å². The summed E-state index contributed by atoms with van der Waals surface area (Å²) in [5.41, 5.74) is 2.64. The van der Waals surface area contributed by atoms with Crippen molar-refractivity contribution in [2.75, 3.05) is 12.4 Å². The molecule has 1 N–H and O–H groups in total. The summed E-state index contributed by atoms with van der Waals surface area (Å²) in [7, 11) is 1.47. The van der Waals surface area contributed by atoms with E-state index in [1.807, 2.05) is 24.3 Å². The maximum atomic E-state index is 12.9. The van der Waals surface area contributed by atoms with Crippen molar-refractivity contribution in [2.45, 2.75) is 32.3 Å². The van der Waals surface area contributed by atoms with Crippen molar-refractivity contribution < 1.29 is 14.3 Å². The SMILES string of the molecule is COc1cc(/C=C(\C#N)C(=O)Nc2sc3c(c2C#N)CCCC3)cc(Cl)c1OCc1ccccc1Cl. The number of carbonyl (C=O) groups is 1. The van der Waals surface area contributed by atoms with Crippen molar-refractivity contribution in [3.8, 4) is 23.6 Å². The number of hydrogen-bond acceptors (Lipinski definition) is 6. The number of halogens is 2. The van der Waals surface area contributed by atoms with Crippen molar-refractivity contribution in [3.05, 3.63) is 79.1 Å². The van der Waals surface area contributed by atoms with Crippen molar-refractivity contribution in [1.82, 2.24) is 0 Å². The fourth-order valence-electron chi connectivity index (χ4n) is 3.99. The number of hydrogen-bond donors (Lipinski definition) is 1. The zero-order valence-electron chi connectivity index (χ0n) is 19.4. The first-order chi connectivity index (χ1) is 17.4. The van der Waals surface area contributed by atoms with Crippen molar-refractivity contribution in [2.24, 2.45) is 0 Å². The van der Waals surface area contributed by atoms with Crippen molar-refractivity contribution >= 4 is 51.5 Å². The Kier molecular flexibility index (Phi) is 8.18. The van der Waals surface area contributed by atoms with Crippen LogP contribution in [0.15, 0.2) is 42.0 Å². The van der Waals surface area contributed by atoms with E-state index in [4.69, 9.17) is 32.7 Å². The number of ether oxygens (including phenoxy) is 2. The molecule has 6 nitrogen and oxygen atoms in total. The van der Waals surface area contributed by atoms with Crippen LogP contribution in [0.3, 0.4) is 0 Å². The zero-order chi connectivity index (χ0) is 25.7. The lowest BCUT2D eigenvalue weighted by Gasteiger charge is -2.14. The lowest BCUT2D eigenvalue weighted by Crippen LogP contribution is -2.13. The Hall–Kier alpha value is -3.49. The largest absolute Gasteiger partial charge is 0.493 e. The molecule has 0 spiro atoms. The first-order valence-corrected chi connectivity index (χ1v) is 12.7. The monoisotopic (exact) mass is 537 g/mol. The standard InChI is InChI=1S/C27H21Cl2N3O3S/c1-34-23-12-16(11-22(29)25(23)35-15-17-6-2-4-8-21(17)28)10-18(13-30)26(33)32-27-20(14-31)19-7-3-5-9-24(19)36-27/h2,4,6,8,10-12H,3,5,7,9,15H2,1H3,(H,32,33)/b18-10+. The second kappa shape index (κ2) is 11.5. The van der Waals surface area contributed by atoms with Gasteiger partial charge in [0.15, 0.2) is 11.5 Å². The Morgan fingerprint density at radius 1 is 1.17 bits per heavy atom. The van der Waals surface area contributed by atoms with E-state index in [0.29, 0.717) is 32.6 Å². The Bertz CT molecular complexity index is 1430. The number of amides is 1. The summed E-state index contributed by atoms with van der Waals surface area (Å²) in [5.74, 6) is 0.0694. The van der Waals surface area contributed by atoms with Crippen LogP contribution in [0, 0.1) is 22.7 Å². The van der Waals surface area contributed by atoms with Crippen LogP contribution in [0.4, 0.5) is 5.00 Å². The third kappa shape index (κ3) is 5.50. The fraction of sp³-hybridized carbons (Fsp3) is 0.222. The molecule has 0 radical (unpaired) electrons. The average Bonchev–Trinajstić information content (AvgIpc) is 3.23. The lowest BCUT2D eigenvalue weighted by molar-refractivity contribution is -0.112. The molecule has 9 heteroatoms. The van der Waals surface area contributed by atoms with Gasteiger partial charge < -0.3 is 14.8 Å². The van der Waals surface area contributed by atoms with Gasteiger partial charge in [0.1, 0.15) is 29.3 Å². The highest BCUT2D eigenvalue weighted by molar-refractivity contribution is 7.16. The van der Waals surface area contributed by atoms with Crippen LogP contribution < -0.4 is 14.8 Å². The number of nitrogens with one attached hydrogen (secondary N) is 1. The third-order valence-corrected chi connectivity index (χ3v) is 7.62. The number of benzene rings is 2. The molecule has 2 aromatic carbocycles. The number of rotatable bonds is 7. The molecular weight excluding hydrogens is 517 g/mol. The summed E-state index contributed by atoms with van der Waals surface area (Å²) >= 11 is 14.1. The number of thiophene rings is 1. The van der Waals surface area contributed by atoms with E-state index in [1.54, 1.807) is 18.2 Å². The highest BCUT2D eigenvalue weighted by Gasteiger charge is 2.23. The van der Waals surface area contributed by atoms with E-state index >= 15 is 0 Å². The maximum Gasteiger partial charge on any atom is 0.266 e. The minimum atomic E-state index is -0.596. The van der Waals surface area contributed by atoms with E-state index < -0.39 is 5.91 Å². The fourth-order valence-corrected chi connectivity index (χ4v) is 5.69. The minimum absolute atomic E-state index is 0.131. The summed E-state index contributed by atoms with van der Waals surface area (Å²) in [5, 5.41) is 23.4. The number of aryl methyl sites for hydroxylation is 1. The molecule has 36 heavy (non-hydrogen) atoms. The topological polar surface area (TPSA) is 95.1 Å². The summed E-state index contributed by atoms with van der Waals surface area (Å²) in [6.07, 6.45) is 5.23. The molecular formula is C27H21Cl2N3O3S. The molecule has 182 valence electrons. The quantitative estimate of drug-likeness (QED) is 0.260. The van der Waals surface area contributed by atoms with Gasteiger partial charge in [-0.1, -0.05) is 41.4 Å². The molecule has 0 atom stereocenters. The molecule has 0 aliphatic heterocycles. The van der Waals surface area contributed by atoms with E-state index in [9.17, 15) is 15.3 Å². The summed E-state index contributed by atoms with van der Waals surface area (Å²) in [6.45, 7) is 0.183. The van der Waals surface area contributed by atoms with Crippen LogP contribution in [0.1, 0.15) is 40.0 Å². The Morgan fingerprint density at radius 2 is 1.94 bits per heavy atom. The molecule has 0 bridgehead atoms. The van der Waals surface area contributed by atoms with Crippen LogP contribution >= 0.6 is 34.5 Å². The molecule has 3 aromatic rings. The molecule has 1 aliphatic rings. The second-order valence-electron chi connectivity index (χ2n) is 8.06. The van der Waals surface area contributed by atoms with Crippen LogP contribution in [0.2, 0.25) is 10.0 Å². The summed E-state index contributed by atoms with van der Waals surface area (Å²) < 4.78 is 11.3. The van der Waals surface area contributed by atoms with Gasteiger partial charge in [0.25, 0.3) is 5.91 Å². The van der Waals surface area contributed by atoms with E-state index in [2.05, 4.69) is 11.4 Å². The normalized spacial score (nSPS) is 12.8. The lowest BCUT2D eigenvalue weighted by atomic mass is 9.96. The van der Waals surface area contributed by atoms with E-state index in [-0.39, 0.29) is 17.2 Å². The van der Waals surface area contributed by atoms with Crippen LogP contribution in [-0.4, -0.2) is 13.0 Å². The van der Waals surface area contributed by atoms with Crippen LogP contribution in [-0.2, 0) is 24.2 Å². The molecule has 1 aromatic heterocycles. The first-order valence-electron chi connectivity index (χ1n) is 11.2. The minimum Gasteiger partial charge on any atom is -0.493 e. The Labute approximate surface area is 223 Å². The van der Waals surface area contributed by atoms with E-state index in [0.717, 1.165) is 41.7 Å². The molecule has 1 heterocycles. The third-order valence-electron chi connectivity index (χ3n) is 5.77. The van der Waals surface area contributed by atoms with Crippen molar-refractivity contribution in [1.29, 1.82) is 10.5 Å². The molecule has 1 amide bonds. The molecule has 0 saturated carbocycles. The molecule has 0 saturated heterocycles. The highest BCUT2D eigenvalue weighted by atomic mass is 35.5. The van der Waals surface area contributed by atoms with Gasteiger partial charge in [0.05, 0.1) is 17.7 Å². The van der Waals surface area contributed by atoms with Gasteiger partial charge in [-0.05, 0) is 61.1 Å². The molecule has 1 aliphatic carbocycles. The number of methoxy groups -OCH3 is 1. The highest BCUT2D eigenvalue weighted by Crippen LogP contribution is 2.39. The van der Waals surface area contributed by atoms with Gasteiger partial charge in [-0.25, -0.2) is 0 Å². The van der Waals surface area contributed by atoms with Crippen LogP contribution in [0.5, 0.6) is 11.5 Å². The summed E-state index contributed by atoms with van der Waals surface area (Å²) in [6, 6.07) is 14.7. The Morgan fingerprint density at radius 3 is 2.67 bits per heavy atom. The first kappa shape index (κ1) is 25.6.